The number of carbonyl (C=O) groups excluding carboxylic acids is 5. The van der Waals surface area contributed by atoms with E-state index in [1.165, 1.54) is 11.3 Å². The van der Waals surface area contributed by atoms with Crippen LogP contribution in [0.3, 0.4) is 0 Å². The van der Waals surface area contributed by atoms with Gasteiger partial charge in [0.2, 0.25) is 23.6 Å². The number of hydrogen-bond donors (Lipinski definition) is 6. The number of thiazole rings is 1. The van der Waals surface area contributed by atoms with E-state index < -0.39 is 53.7 Å². The lowest BCUT2D eigenvalue weighted by Gasteiger charge is -2.30. The SMILES string of the molecule is CCC(Cc1nc(C)cs1)C(=O)NC(CNC(=O)OC(C)(C)C)C(=O)NC(CC(C)C)C(O)CC(C)C(=O)NC(C(=O)NCC(C)C)C(C)C. The molecule has 6 unspecified atom stereocenters. The summed E-state index contributed by atoms with van der Waals surface area (Å²) in [5.41, 5.74) is 0.0970. The number of nitrogens with one attached hydrogen (secondary N) is 5. The molecule has 14 heteroatoms. The van der Waals surface area contributed by atoms with Gasteiger partial charge in [-0.3, -0.25) is 19.2 Å². The number of nitrogens with zero attached hydrogens (tertiary/aromatic N) is 1. The summed E-state index contributed by atoms with van der Waals surface area (Å²) in [6.07, 6.45) is -0.564. The number of amides is 5. The van der Waals surface area contributed by atoms with Crippen molar-refractivity contribution in [1.82, 2.24) is 31.6 Å². The zero-order valence-corrected chi connectivity index (χ0v) is 33.1. The zero-order valence-electron chi connectivity index (χ0n) is 32.3. The third kappa shape index (κ3) is 17.1. The Morgan fingerprint density at radius 3 is 1.98 bits per heavy atom. The van der Waals surface area contributed by atoms with Gasteiger partial charge in [-0.2, -0.15) is 0 Å². The van der Waals surface area contributed by atoms with Crippen LogP contribution >= 0.6 is 11.3 Å². The number of aliphatic hydroxyl groups is 1. The summed E-state index contributed by atoms with van der Waals surface area (Å²) in [5, 5.41) is 28.1. The van der Waals surface area contributed by atoms with E-state index in [1.807, 2.05) is 60.8 Å². The van der Waals surface area contributed by atoms with Gasteiger partial charge < -0.3 is 36.4 Å². The van der Waals surface area contributed by atoms with E-state index in [4.69, 9.17) is 4.74 Å². The van der Waals surface area contributed by atoms with Gasteiger partial charge in [0.25, 0.3) is 0 Å². The number of aromatic nitrogens is 1. The second kappa shape index (κ2) is 21.2. The lowest BCUT2D eigenvalue weighted by Crippen LogP contribution is -2.57. The Morgan fingerprint density at radius 2 is 1.48 bits per heavy atom. The lowest BCUT2D eigenvalue weighted by atomic mass is 9.91. The predicted molar refractivity (Wildman–Crippen MR) is 196 cm³/mol. The van der Waals surface area contributed by atoms with Gasteiger partial charge in [0.15, 0.2) is 0 Å². The van der Waals surface area contributed by atoms with Crippen LogP contribution in [0.15, 0.2) is 5.38 Å². The predicted octanol–water partition coefficient (Wildman–Crippen LogP) is 3.86. The van der Waals surface area contributed by atoms with E-state index in [2.05, 4.69) is 31.6 Å². The molecule has 0 fully saturated rings. The maximum atomic E-state index is 13.8. The number of hydrogen-bond acceptors (Lipinski definition) is 9. The number of alkyl carbamates (subject to hydrolysis) is 1. The quantitative estimate of drug-likeness (QED) is 0.117. The summed E-state index contributed by atoms with van der Waals surface area (Å²) in [6.45, 7) is 22.4. The number of rotatable bonds is 20. The van der Waals surface area contributed by atoms with Gasteiger partial charge in [0.1, 0.15) is 17.7 Å². The molecule has 13 nitrogen and oxygen atoms in total. The van der Waals surface area contributed by atoms with E-state index in [0.29, 0.717) is 25.8 Å². The Labute approximate surface area is 303 Å². The molecular formula is C36H64N6O7S. The molecule has 0 saturated heterocycles. The van der Waals surface area contributed by atoms with Crippen LogP contribution in [0.4, 0.5) is 4.79 Å². The van der Waals surface area contributed by atoms with Crippen LogP contribution in [0, 0.1) is 36.5 Å². The number of ether oxygens (including phenoxy) is 1. The van der Waals surface area contributed by atoms with Crippen LogP contribution in [0.5, 0.6) is 0 Å². The first-order valence-electron chi connectivity index (χ1n) is 17.9. The van der Waals surface area contributed by atoms with Gasteiger partial charge in [-0.25, -0.2) is 9.78 Å². The fraction of sp³-hybridized carbons (Fsp3) is 0.778. The summed E-state index contributed by atoms with van der Waals surface area (Å²) < 4.78 is 5.34. The van der Waals surface area contributed by atoms with E-state index in [9.17, 15) is 29.1 Å². The molecule has 50 heavy (non-hydrogen) atoms. The number of aryl methyl sites for hydroxylation is 1. The van der Waals surface area contributed by atoms with E-state index in [-0.39, 0.29) is 48.4 Å². The third-order valence-electron chi connectivity index (χ3n) is 7.93. The van der Waals surface area contributed by atoms with Crippen molar-refractivity contribution in [2.75, 3.05) is 13.1 Å². The van der Waals surface area contributed by atoms with Crippen LogP contribution in [0.2, 0.25) is 0 Å². The molecule has 0 aliphatic carbocycles. The van der Waals surface area contributed by atoms with Crippen LogP contribution < -0.4 is 26.6 Å². The highest BCUT2D eigenvalue weighted by atomic mass is 32.1. The molecule has 1 rings (SSSR count). The molecule has 6 atom stereocenters. The van der Waals surface area contributed by atoms with E-state index in [1.54, 1.807) is 27.7 Å². The van der Waals surface area contributed by atoms with Crippen LogP contribution in [0.25, 0.3) is 0 Å². The maximum absolute atomic E-state index is 13.8. The van der Waals surface area contributed by atoms with Gasteiger partial charge in [-0.15, -0.1) is 11.3 Å². The Morgan fingerprint density at radius 1 is 0.840 bits per heavy atom. The number of carbonyl (C=O) groups is 5. The maximum Gasteiger partial charge on any atom is 0.407 e. The smallest absolute Gasteiger partial charge is 0.407 e. The largest absolute Gasteiger partial charge is 0.444 e. The van der Waals surface area contributed by atoms with Crippen molar-refractivity contribution in [3.05, 3.63) is 16.1 Å². The van der Waals surface area contributed by atoms with Gasteiger partial charge in [-0.1, -0.05) is 55.4 Å². The Hall–Kier alpha value is -3.26. The van der Waals surface area contributed by atoms with Crippen molar-refractivity contribution < 1.29 is 33.8 Å². The minimum Gasteiger partial charge on any atom is -0.444 e. The highest BCUT2D eigenvalue weighted by molar-refractivity contribution is 7.09. The van der Waals surface area contributed by atoms with Crippen molar-refractivity contribution in [2.24, 2.45) is 29.6 Å². The highest BCUT2D eigenvalue weighted by Crippen LogP contribution is 2.19. The number of aliphatic hydroxyl groups excluding tert-OH is 1. The summed E-state index contributed by atoms with van der Waals surface area (Å²) in [6, 6.07) is -2.68. The molecule has 1 aromatic heterocycles. The molecule has 0 spiro atoms. The minimum absolute atomic E-state index is 0.0141. The molecule has 6 N–H and O–H groups in total. The zero-order chi connectivity index (χ0) is 38.3. The van der Waals surface area contributed by atoms with Crippen molar-refractivity contribution in [1.29, 1.82) is 0 Å². The average molecular weight is 725 g/mol. The molecule has 0 aliphatic heterocycles. The molecule has 0 aliphatic rings. The second-order valence-electron chi connectivity index (χ2n) is 15.5. The molecule has 0 aromatic carbocycles. The molecule has 5 amide bonds. The van der Waals surface area contributed by atoms with Gasteiger partial charge in [-0.05, 0) is 64.7 Å². The molecule has 286 valence electrons. The molecule has 1 aromatic rings. The normalized spacial score (nSPS) is 15.4. The molecule has 0 bridgehead atoms. The average Bonchev–Trinajstić information content (AvgIpc) is 3.41. The minimum atomic E-state index is -1.18. The summed E-state index contributed by atoms with van der Waals surface area (Å²) in [7, 11) is 0. The van der Waals surface area contributed by atoms with Crippen molar-refractivity contribution >= 4 is 41.1 Å². The Balaban J connectivity index is 3.13. The monoisotopic (exact) mass is 724 g/mol. The van der Waals surface area contributed by atoms with Crippen LogP contribution in [0.1, 0.15) is 106 Å². The summed E-state index contributed by atoms with van der Waals surface area (Å²) >= 11 is 1.47. The summed E-state index contributed by atoms with van der Waals surface area (Å²) in [5.74, 6) is -2.59. The molecule has 0 saturated carbocycles. The first-order chi connectivity index (χ1) is 23.1. The topological polar surface area (TPSA) is 188 Å². The van der Waals surface area contributed by atoms with Crippen LogP contribution in [-0.2, 0) is 30.3 Å². The van der Waals surface area contributed by atoms with Crippen LogP contribution in [-0.4, -0.2) is 82.7 Å². The fourth-order valence-corrected chi connectivity index (χ4v) is 5.96. The van der Waals surface area contributed by atoms with Gasteiger partial charge in [0.05, 0.1) is 23.7 Å². The highest BCUT2D eigenvalue weighted by Gasteiger charge is 2.33. The molecular weight excluding hydrogens is 660 g/mol. The second-order valence-corrected chi connectivity index (χ2v) is 16.4. The standard InChI is InChI=1S/C36H64N6O7S/c1-13-25(16-29-39-24(9)19-50-29)32(45)41-27(18-38-35(48)49-36(10,11)12)33(46)40-26(14-20(2)3)28(43)15-23(8)31(44)42-30(22(6)7)34(47)37-17-21(4)5/h19-23,25-28,30,43H,13-18H2,1-12H3,(H,37,47)(H,38,48)(H,40,46)(H,41,45)(H,42,44). The molecule has 1 heterocycles. The summed E-state index contributed by atoms with van der Waals surface area (Å²) in [4.78, 5) is 70.2. The Kier molecular flexibility index (Phi) is 19.0. The Bertz CT molecular complexity index is 1250. The fourth-order valence-electron chi connectivity index (χ4n) is 5.11. The van der Waals surface area contributed by atoms with Gasteiger partial charge >= 0.3 is 6.09 Å². The lowest BCUT2D eigenvalue weighted by molar-refractivity contribution is -0.133. The van der Waals surface area contributed by atoms with Crippen molar-refractivity contribution in [3.8, 4) is 0 Å². The van der Waals surface area contributed by atoms with E-state index >= 15 is 0 Å². The van der Waals surface area contributed by atoms with Crippen molar-refractivity contribution in [2.45, 2.75) is 139 Å². The van der Waals surface area contributed by atoms with Crippen molar-refractivity contribution in [3.63, 3.8) is 0 Å². The first kappa shape index (κ1) is 44.8. The third-order valence-corrected chi connectivity index (χ3v) is 8.91. The molecule has 0 radical (unpaired) electrons. The van der Waals surface area contributed by atoms with Gasteiger partial charge in [0, 0.05) is 35.9 Å². The van der Waals surface area contributed by atoms with E-state index in [0.717, 1.165) is 10.7 Å². The first-order valence-corrected chi connectivity index (χ1v) is 18.8.